The highest BCUT2D eigenvalue weighted by atomic mass is 32.2. The zero-order valence-electron chi connectivity index (χ0n) is 14.8. The molecular weight excluding hydrogens is 380 g/mol. The van der Waals surface area contributed by atoms with E-state index in [1.165, 1.54) is 13.0 Å². The van der Waals surface area contributed by atoms with E-state index in [2.05, 4.69) is 6.58 Å². The Morgan fingerprint density at radius 1 is 1.21 bits per heavy atom. The van der Waals surface area contributed by atoms with E-state index >= 15 is 0 Å². The number of carbonyl (C=O) groups excluding carboxylic acids is 1. The van der Waals surface area contributed by atoms with Gasteiger partial charge in [-0.15, -0.1) is 0 Å². The van der Waals surface area contributed by atoms with Crippen molar-refractivity contribution in [2.24, 2.45) is 0 Å². The lowest BCUT2D eigenvalue weighted by Crippen LogP contribution is -2.26. The van der Waals surface area contributed by atoms with Gasteiger partial charge < -0.3 is 4.74 Å². The molecule has 0 radical (unpaired) electrons. The molecule has 1 aliphatic carbocycles. The van der Waals surface area contributed by atoms with E-state index in [1.807, 2.05) is 12.1 Å². The van der Waals surface area contributed by atoms with Crippen LogP contribution >= 0.6 is 0 Å². The predicted molar refractivity (Wildman–Crippen MR) is 100 cm³/mol. The van der Waals surface area contributed by atoms with Crippen LogP contribution in [0.4, 0.5) is 0 Å². The van der Waals surface area contributed by atoms with Crippen LogP contribution in [0, 0.1) is 22.7 Å². The Bertz CT molecular complexity index is 1220. The minimum Gasteiger partial charge on any atom is -0.440 e. The second-order valence-corrected chi connectivity index (χ2v) is 7.66. The topological polar surface area (TPSA) is 128 Å². The van der Waals surface area contributed by atoms with Crippen LogP contribution in [0.5, 0.6) is 0 Å². The molecule has 0 spiro atoms. The summed E-state index contributed by atoms with van der Waals surface area (Å²) in [5, 5.41) is 19.0. The van der Waals surface area contributed by atoms with Gasteiger partial charge in [-0.25, -0.2) is 4.79 Å². The molecule has 0 aromatic heterocycles. The molecule has 0 amide bonds. The second kappa shape index (κ2) is 6.93. The molecule has 1 aliphatic rings. The van der Waals surface area contributed by atoms with E-state index < -0.39 is 21.5 Å². The summed E-state index contributed by atoms with van der Waals surface area (Å²) in [6.07, 6.45) is -0.155. The zero-order chi connectivity index (χ0) is 20.6. The van der Waals surface area contributed by atoms with Crippen molar-refractivity contribution in [2.75, 3.05) is 0 Å². The number of benzene rings is 2. The molecule has 8 heteroatoms. The Kier molecular flexibility index (Phi) is 4.78. The number of nitriles is 2. The summed E-state index contributed by atoms with van der Waals surface area (Å²) in [7, 11) is -4.61. The largest absolute Gasteiger partial charge is 0.440 e. The van der Waals surface area contributed by atoms with Crippen molar-refractivity contribution < 1.29 is 22.5 Å². The molecule has 0 saturated heterocycles. The number of esters is 1. The average Bonchev–Trinajstić information content (AvgIpc) is 2.97. The molecule has 0 saturated carbocycles. The van der Waals surface area contributed by atoms with Crippen LogP contribution in [0.2, 0.25) is 0 Å². The molecule has 0 bridgehead atoms. The standard InChI is InChI=1S/C20H14N2O5S/c1-3-17(28(24,25)26)27-20(23)15-8-12(9-21)16(10-22)18-11(2)13-6-4-5-7-14(13)19(15)18/h4-8,17H,2-3H2,1H3,(H,24,25,26). The average molecular weight is 394 g/mol. The number of carbonyl (C=O) groups is 1. The van der Waals surface area contributed by atoms with Gasteiger partial charge in [-0.05, 0) is 29.2 Å². The van der Waals surface area contributed by atoms with Gasteiger partial charge >= 0.3 is 16.1 Å². The third-order valence-electron chi connectivity index (χ3n) is 4.51. The molecular formula is C20H14N2O5S. The van der Waals surface area contributed by atoms with Crippen LogP contribution in [0.15, 0.2) is 36.9 Å². The van der Waals surface area contributed by atoms with Crippen molar-refractivity contribution in [2.45, 2.75) is 18.8 Å². The molecule has 2 aromatic carbocycles. The highest BCUT2D eigenvalue weighted by Crippen LogP contribution is 2.47. The maximum Gasteiger partial charge on any atom is 0.340 e. The Morgan fingerprint density at radius 2 is 1.86 bits per heavy atom. The summed E-state index contributed by atoms with van der Waals surface area (Å²) in [6.45, 7) is 5.43. The molecule has 1 N–H and O–H groups in total. The summed E-state index contributed by atoms with van der Waals surface area (Å²) in [4.78, 5) is 12.8. The fourth-order valence-electron chi connectivity index (χ4n) is 3.27. The Morgan fingerprint density at radius 3 is 2.39 bits per heavy atom. The summed E-state index contributed by atoms with van der Waals surface area (Å²) in [6, 6.07) is 12.1. The van der Waals surface area contributed by atoms with Crippen molar-refractivity contribution in [3.63, 3.8) is 0 Å². The Balaban J connectivity index is 2.28. The first-order chi connectivity index (χ1) is 13.2. The first-order valence-corrected chi connectivity index (χ1v) is 9.72. The predicted octanol–water partition coefficient (Wildman–Crippen LogP) is 3.25. The molecule has 0 heterocycles. The number of nitrogens with zero attached hydrogens (tertiary/aromatic N) is 2. The van der Waals surface area contributed by atoms with Gasteiger partial charge in [-0.1, -0.05) is 37.8 Å². The smallest absolute Gasteiger partial charge is 0.340 e. The zero-order valence-corrected chi connectivity index (χ0v) is 15.6. The monoisotopic (exact) mass is 394 g/mol. The summed E-state index contributed by atoms with van der Waals surface area (Å²) >= 11 is 0. The fraction of sp³-hybridized carbons (Fsp3) is 0.150. The van der Waals surface area contributed by atoms with E-state index in [0.29, 0.717) is 27.8 Å². The summed E-state index contributed by atoms with van der Waals surface area (Å²) in [5.41, 5.74) is 0.709. The first-order valence-electron chi connectivity index (χ1n) is 8.22. The minimum absolute atomic E-state index is 0.0536. The minimum atomic E-state index is -4.61. The maximum absolute atomic E-state index is 12.8. The highest BCUT2D eigenvalue weighted by Gasteiger charge is 2.34. The molecule has 3 rings (SSSR count). The normalized spacial score (nSPS) is 13.1. The van der Waals surface area contributed by atoms with Crippen LogP contribution in [0.25, 0.3) is 16.7 Å². The van der Waals surface area contributed by atoms with Crippen LogP contribution in [0.1, 0.15) is 46.0 Å². The molecule has 140 valence electrons. The van der Waals surface area contributed by atoms with Crippen LogP contribution in [0.3, 0.4) is 0 Å². The van der Waals surface area contributed by atoms with E-state index in [4.69, 9.17) is 4.74 Å². The Hall–Kier alpha value is -3.46. The van der Waals surface area contributed by atoms with Gasteiger partial charge in [0.15, 0.2) is 0 Å². The van der Waals surface area contributed by atoms with Gasteiger partial charge in [0.05, 0.1) is 16.7 Å². The molecule has 2 aromatic rings. The molecule has 1 atom stereocenters. The number of fused-ring (bicyclic) bond motifs is 3. The van der Waals surface area contributed by atoms with Crippen molar-refractivity contribution >= 4 is 21.7 Å². The number of hydrogen-bond donors (Lipinski definition) is 1. The summed E-state index contributed by atoms with van der Waals surface area (Å²) < 4.78 is 37.0. The molecule has 0 aliphatic heterocycles. The van der Waals surface area contributed by atoms with Gasteiger partial charge in [0.2, 0.25) is 5.44 Å². The number of rotatable bonds is 4. The lowest BCUT2D eigenvalue weighted by atomic mass is 9.91. The lowest BCUT2D eigenvalue weighted by molar-refractivity contribution is 0.0425. The Labute approximate surface area is 161 Å². The van der Waals surface area contributed by atoms with E-state index in [9.17, 15) is 28.3 Å². The van der Waals surface area contributed by atoms with Gasteiger partial charge in [0, 0.05) is 11.1 Å². The summed E-state index contributed by atoms with van der Waals surface area (Å²) in [5.74, 6) is -1.02. The van der Waals surface area contributed by atoms with Crippen molar-refractivity contribution in [3.8, 4) is 23.3 Å². The van der Waals surface area contributed by atoms with Gasteiger partial charge in [0.1, 0.15) is 12.1 Å². The van der Waals surface area contributed by atoms with E-state index in [1.54, 1.807) is 24.3 Å². The lowest BCUT2D eigenvalue weighted by Gasteiger charge is -2.16. The van der Waals surface area contributed by atoms with Crippen LogP contribution < -0.4 is 0 Å². The molecule has 28 heavy (non-hydrogen) atoms. The van der Waals surface area contributed by atoms with Crippen LogP contribution in [-0.4, -0.2) is 24.4 Å². The first kappa shape index (κ1) is 19.3. The number of ether oxygens (including phenoxy) is 1. The van der Waals surface area contributed by atoms with E-state index in [0.717, 1.165) is 0 Å². The van der Waals surface area contributed by atoms with Crippen molar-refractivity contribution in [1.29, 1.82) is 10.5 Å². The van der Waals surface area contributed by atoms with Gasteiger partial charge in [0.25, 0.3) is 0 Å². The van der Waals surface area contributed by atoms with Crippen molar-refractivity contribution in [1.82, 2.24) is 0 Å². The molecule has 0 fully saturated rings. The SMILES string of the molecule is C=C1c2ccccc2-c2c(C(=O)OC(CC)S(=O)(=O)O)cc(C#N)c(C#N)c21. The molecule has 7 nitrogen and oxygen atoms in total. The highest BCUT2D eigenvalue weighted by molar-refractivity contribution is 7.86. The van der Waals surface area contributed by atoms with Crippen molar-refractivity contribution in [3.05, 3.63) is 64.7 Å². The fourth-order valence-corrected chi connectivity index (χ4v) is 3.90. The molecule has 1 unspecified atom stereocenters. The third-order valence-corrected chi connectivity index (χ3v) is 5.60. The van der Waals surface area contributed by atoms with Crippen LogP contribution in [-0.2, 0) is 14.9 Å². The van der Waals surface area contributed by atoms with Gasteiger partial charge in [-0.3, -0.25) is 4.55 Å². The maximum atomic E-state index is 12.8. The third kappa shape index (κ3) is 2.95. The number of hydrogen-bond acceptors (Lipinski definition) is 6. The second-order valence-electron chi connectivity index (χ2n) is 6.10. The van der Waals surface area contributed by atoms with E-state index in [-0.39, 0.29) is 23.1 Å². The van der Waals surface area contributed by atoms with Gasteiger partial charge in [-0.2, -0.15) is 18.9 Å². The quantitative estimate of drug-likeness (QED) is 0.531.